The van der Waals surface area contributed by atoms with Gasteiger partial charge in [0, 0.05) is 12.6 Å². The summed E-state index contributed by atoms with van der Waals surface area (Å²) in [6.45, 7) is 0.375. The molecule has 2 unspecified atom stereocenters. The summed E-state index contributed by atoms with van der Waals surface area (Å²) in [6.07, 6.45) is 0. The Kier molecular flexibility index (Phi) is 4.43. The topological polar surface area (TPSA) is 64.4 Å². The van der Waals surface area contributed by atoms with E-state index in [1.165, 1.54) is 0 Å². The lowest BCUT2D eigenvalue weighted by atomic mass is 10.0. The SMILES string of the molecule is NCC(N)C(N=C=S)c1ccccc1. The van der Waals surface area contributed by atoms with E-state index in [2.05, 4.69) is 22.4 Å². The minimum Gasteiger partial charge on any atom is -0.329 e. The average molecular weight is 207 g/mol. The van der Waals surface area contributed by atoms with Crippen LogP contribution in [-0.4, -0.2) is 17.7 Å². The van der Waals surface area contributed by atoms with Gasteiger partial charge in [0.2, 0.25) is 0 Å². The molecule has 0 aliphatic heterocycles. The molecule has 1 aromatic carbocycles. The van der Waals surface area contributed by atoms with Crippen LogP contribution in [0.15, 0.2) is 35.3 Å². The zero-order chi connectivity index (χ0) is 10.4. The number of isothiocyanates is 1. The molecule has 0 heterocycles. The summed E-state index contributed by atoms with van der Waals surface area (Å²) in [4.78, 5) is 4.02. The Morgan fingerprint density at radius 3 is 2.50 bits per heavy atom. The standard InChI is InChI=1S/C10H13N3S/c11-6-9(12)10(13-7-14)8-4-2-1-3-5-8/h1-5,9-10H,6,11-12H2. The van der Waals surface area contributed by atoms with Crippen molar-refractivity contribution in [3.05, 3.63) is 35.9 Å². The predicted molar refractivity (Wildman–Crippen MR) is 61.2 cm³/mol. The third-order valence-corrected chi connectivity index (χ3v) is 2.12. The first-order valence-corrected chi connectivity index (χ1v) is 4.78. The van der Waals surface area contributed by atoms with E-state index in [4.69, 9.17) is 11.5 Å². The molecule has 4 heteroatoms. The third kappa shape index (κ3) is 2.72. The zero-order valence-corrected chi connectivity index (χ0v) is 8.58. The largest absolute Gasteiger partial charge is 0.329 e. The molecule has 0 aliphatic rings. The van der Waals surface area contributed by atoms with Crippen molar-refractivity contribution in [3.63, 3.8) is 0 Å². The Balaban J connectivity index is 2.94. The molecule has 0 saturated heterocycles. The molecule has 4 N–H and O–H groups in total. The van der Waals surface area contributed by atoms with E-state index in [1.54, 1.807) is 0 Å². The van der Waals surface area contributed by atoms with Gasteiger partial charge in [-0.05, 0) is 17.8 Å². The molecule has 74 valence electrons. The van der Waals surface area contributed by atoms with Gasteiger partial charge >= 0.3 is 0 Å². The Labute approximate surface area is 88.8 Å². The summed E-state index contributed by atoms with van der Waals surface area (Å²) < 4.78 is 0. The first-order valence-electron chi connectivity index (χ1n) is 4.37. The van der Waals surface area contributed by atoms with Crippen LogP contribution in [0.4, 0.5) is 0 Å². The van der Waals surface area contributed by atoms with Gasteiger partial charge in [0.25, 0.3) is 0 Å². The van der Waals surface area contributed by atoms with Crippen molar-refractivity contribution in [2.45, 2.75) is 12.1 Å². The molecule has 1 rings (SSSR count). The second-order valence-electron chi connectivity index (χ2n) is 2.98. The number of nitrogens with two attached hydrogens (primary N) is 2. The molecule has 0 bridgehead atoms. The van der Waals surface area contributed by atoms with Crippen molar-refractivity contribution < 1.29 is 0 Å². The van der Waals surface area contributed by atoms with Gasteiger partial charge in [-0.3, -0.25) is 0 Å². The lowest BCUT2D eigenvalue weighted by Gasteiger charge is -2.17. The normalized spacial score (nSPS) is 14.1. The van der Waals surface area contributed by atoms with Gasteiger partial charge in [-0.25, -0.2) is 4.99 Å². The fraction of sp³-hybridized carbons (Fsp3) is 0.300. The molecular formula is C10H13N3S. The van der Waals surface area contributed by atoms with Crippen molar-refractivity contribution in [2.75, 3.05) is 6.54 Å². The second-order valence-corrected chi connectivity index (χ2v) is 3.16. The quantitative estimate of drug-likeness (QED) is 0.574. The van der Waals surface area contributed by atoms with Crippen LogP contribution in [0.3, 0.4) is 0 Å². The van der Waals surface area contributed by atoms with Crippen molar-refractivity contribution in [3.8, 4) is 0 Å². The Hall–Kier alpha value is -1.06. The van der Waals surface area contributed by atoms with E-state index in [-0.39, 0.29) is 12.1 Å². The van der Waals surface area contributed by atoms with Crippen LogP contribution in [-0.2, 0) is 0 Å². The van der Waals surface area contributed by atoms with Crippen LogP contribution >= 0.6 is 12.2 Å². The summed E-state index contributed by atoms with van der Waals surface area (Å²) in [5, 5.41) is 2.35. The molecule has 0 saturated carbocycles. The van der Waals surface area contributed by atoms with Crippen LogP contribution in [0.5, 0.6) is 0 Å². The number of hydrogen-bond acceptors (Lipinski definition) is 4. The lowest BCUT2D eigenvalue weighted by Crippen LogP contribution is -2.35. The zero-order valence-electron chi connectivity index (χ0n) is 7.76. The lowest BCUT2D eigenvalue weighted by molar-refractivity contribution is 0.560. The van der Waals surface area contributed by atoms with Gasteiger partial charge in [0.15, 0.2) is 0 Å². The Bertz CT molecular complexity index is 319. The van der Waals surface area contributed by atoms with Gasteiger partial charge in [-0.2, -0.15) is 0 Å². The molecule has 0 spiro atoms. The highest BCUT2D eigenvalue weighted by molar-refractivity contribution is 7.78. The monoisotopic (exact) mass is 207 g/mol. The van der Waals surface area contributed by atoms with Crippen LogP contribution in [0, 0.1) is 0 Å². The summed E-state index contributed by atoms with van der Waals surface area (Å²) in [6, 6.07) is 9.32. The number of benzene rings is 1. The molecule has 2 atom stereocenters. The minimum atomic E-state index is -0.215. The second kappa shape index (κ2) is 5.62. The molecule has 0 aromatic heterocycles. The maximum Gasteiger partial charge on any atom is 0.101 e. The molecule has 3 nitrogen and oxygen atoms in total. The van der Waals surface area contributed by atoms with E-state index in [9.17, 15) is 0 Å². The van der Waals surface area contributed by atoms with E-state index < -0.39 is 0 Å². The fourth-order valence-corrected chi connectivity index (χ4v) is 1.37. The first-order chi connectivity index (χ1) is 6.79. The first kappa shape index (κ1) is 11.0. The van der Waals surface area contributed by atoms with E-state index in [0.29, 0.717) is 6.54 Å². The number of thiocarbonyl (C=S) groups is 1. The van der Waals surface area contributed by atoms with E-state index in [1.807, 2.05) is 30.3 Å². The number of aliphatic imine (C=N–C) groups is 1. The highest BCUT2D eigenvalue weighted by Crippen LogP contribution is 2.18. The van der Waals surface area contributed by atoms with Crippen molar-refractivity contribution in [2.24, 2.45) is 16.5 Å². The van der Waals surface area contributed by atoms with Crippen LogP contribution in [0.2, 0.25) is 0 Å². The molecular weight excluding hydrogens is 194 g/mol. The third-order valence-electron chi connectivity index (χ3n) is 2.01. The predicted octanol–water partition coefficient (Wildman–Crippen LogP) is 1.12. The number of rotatable bonds is 4. The Morgan fingerprint density at radius 1 is 1.36 bits per heavy atom. The molecule has 0 radical (unpaired) electrons. The van der Waals surface area contributed by atoms with Crippen molar-refractivity contribution in [1.82, 2.24) is 0 Å². The van der Waals surface area contributed by atoms with Crippen LogP contribution in [0.25, 0.3) is 0 Å². The highest BCUT2D eigenvalue weighted by Gasteiger charge is 2.16. The minimum absolute atomic E-state index is 0.182. The summed E-state index contributed by atoms with van der Waals surface area (Å²) in [7, 11) is 0. The fourth-order valence-electron chi connectivity index (χ4n) is 1.25. The summed E-state index contributed by atoms with van der Waals surface area (Å²) in [5.41, 5.74) is 12.3. The highest BCUT2D eigenvalue weighted by atomic mass is 32.1. The van der Waals surface area contributed by atoms with Gasteiger partial charge in [-0.15, -0.1) is 0 Å². The number of hydrogen-bond donors (Lipinski definition) is 2. The maximum atomic E-state index is 5.83. The van der Waals surface area contributed by atoms with E-state index in [0.717, 1.165) is 5.56 Å². The maximum absolute atomic E-state index is 5.83. The summed E-state index contributed by atoms with van der Waals surface area (Å²) >= 11 is 4.58. The van der Waals surface area contributed by atoms with Gasteiger partial charge in [0.05, 0.1) is 5.16 Å². The molecule has 0 aliphatic carbocycles. The number of nitrogens with zero attached hydrogens (tertiary/aromatic N) is 1. The van der Waals surface area contributed by atoms with Crippen molar-refractivity contribution in [1.29, 1.82) is 0 Å². The van der Waals surface area contributed by atoms with Gasteiger partial charge in [-0.1, -0.05) is 30.3 Å². The van der Waals surface area contributed by atoms with Crippen LogP contribution in [0.1, 0.15) is 11.6 Å². The molecule has 14 heavy (non-hydrogen) atoms. The molecule has 0 fully saturated rings. The van der Waals surface area contributed by atoms with Crippen LogP contribution < -0.4 is 11.5 Å². The smallest absolute Gasteiger partial charge is 0.101 e. The summed E-state index contributed by atoms with van der Waals surface area (Å²) in [5.74, 6) is 0. The molecule has 1 aromatic rings. The van der Waals surface area contributed by atoms with Gasteiger partial charge < -0.3 is 11.5 Å². The van der Waals surface area contributed by atoms with Gasteiger partial charge in [0.1, 0.15) is 6.04 Å². The van der Waals surface area contributed by atoms with E-state index >= 15 is 0 Å². The Morgan fingerprint density at radius 2 is 2.00 bits per heavy atom. The molecule has 0 amide bonds. The van der Waals surface area contributed by atoms with Crippen molar-refractivity contribution >= 4 is 17.4 Å². The average Bonchev–Trinajstić information content (AvgIpc) is 2.26.